The Morgan fingerprint density at radius 2 is 2.38 bits per heavy atom. The van der Waals surface area contributed by atoms with E-state index in [4.69, 9.17) is 5.73 Å². The SMILES string of the molecule is CCn1ncnc1CC(N)C1CCCC1C. The number of hydrogen-bond acceptors (Lipinski definition) is 3. The highest BCUT2D eigenvalue weighted by atomic mass is 15.3. The van der Waals surface area contributed by atoms with Crippen LogP contribution in [0.3, 0.4) is 0 Å². The van der Waals surface area contributed by atoms with E-state index in [1.807, 2.05) is 4.68 Å². The minimum Gasteiger partial charge on any atom is -0.327 e. The second-order valence-corrected chi connectivity index (χ2v) is 4.93. The summed E-state index contributed by atoms with van der Waals surface area (Å²) >= 11 is 0. The van der Waals surface area contributed by atoms with Gasteiger partial charge in [0.05, 0.1) is 0 Å². The first kappa shape index (κ1) is 11.6. The second-order valence-electron chi connectivity index (χ2n) is 4.93. The number of aromatic nitrogens is 3. The minimum absolute atomic E-state index is 0.243. The molecule has 0 amide bonds. The van der Waals surface area contributed by atoms with Gasteiger partial charge in [-0.05, 0) is 25.2 Å². The quantitative estimate of drug-likeness (QED) is 0.842. The van der Waals surface area contributed by atoms with Gasteiger partial charge in [-0.3, -0.25) is 4.68 Å². The van der Waals surface area contributed by atoms with Gasteiger partial charge >= 0.3 is 0 Å². The van der Waals surface area contributed by atoms with E-state index in [2.05, 4.69) is 23.9 Å². The summed E-state index contributed by atoms with van der Waals surface area (Å²) in [5.74, 6) is 2.48. The summed E-state index contributed by atoms with van der Waals surface area (Å²) in [6.45, 7) is 5.28. The van der Waals surface area contributed by atoms with Crippen molar-refractivity contribution >= 4 is 0 Å². The molecule has 2 N–H and O–H groups in total. The molecule has 1 aliphatic rings. The molecule has 1 saturated carbocycles. The summed E-state index contributed by atoms with van der Waals surface area (Å²) in [6, 6.07) is 0.243. The molecule has 3 unspecified atom stereocenters. The van der Waals surface area contributed by atoms with Gasteiger partial charge in [0.1, 0.15) is 12.2 Å². The molecular formula is C12H22N4. The second kappa shape index (κ2) is 4.95. The highest BCUT2D eigenvalue weighted by molar-refractivity contribution is 4.93. The molecule has 1 fully saturated rings. The first-order valence-electron chi connectivity index (χ1n) is 6.34. The zero-order valence-corrected chi connectivity index (χ0v) is 10.3. The smallest absolute Gasteiger partial charge is 0.138 e. The van der Waals surface area contributed by atoms with E-state index in [0.29, 0.717) is 5.92 Å². The summed E-state index contributed by atoms with van der Waals surface area (Å²) in [4.78, 5) is 4.30. The number of hydrogen-bond donors (Lipinski definition) is 1. The Hall–Kier alpha value is -0.900. The van der Waals surface area contributed by atoms with Crippen molar-refractivity contribution in [3.63, 3.8) is 0 Å². The Morgan fingerprint density at radius 3 is 3.00 bits per heavy atom. The molecule has 16 heavy (non-hydrogen) atoms. The molecule has 2 rings (SSSR count). The predicted molar refractivity (Wildman–Crippen MR) is 63.9 cm³/mol. The molecular weight excluding hydrogens is 200 g/mol. The van der Waals surface area contributed by atoms with Crippen molar-refractivity contribution in [2.45, 2.75) is 52.1 Å². The topological polar surface area (TPSA) is 56.7 Å². The average molecular weight is 222 g/mol. The van der Waals surface area contributed by atoms with Gasteiger partial charge in [-0.1, -0.05) is 19.8 Å². The van der Waals surface area contributed by atoms with Crippen molar-refractivity contribution in [1.82, 2.24) is 14.8 Å². The zero-order valence-electron chi connectivity index (χ0n) is 10.3. The standard InChI is InChI=1S/C12H22N4/c1-3-16-12(14-8-15-16)7-11(13)10-6-4-5-9(10)2/h8-11H,3-7,13H2,1-2H3. The van der Waals surface area contributed by atoms with Crippen molar-refractivity contribution in [3.8, 4) is 0 Å². The van der Waals surface area contributed by atoms with E-state index in [9.17, 15) is 0 Å². The van der Waals surface area contributed by atoms with Gasteiger partial charge in [-0.2, -0.15) is 5.10 Å². The Balaban J connectivity index is 1.98. The molecule has 0 saturated heterocycles. The molecule has 1 aromatic rings. The molecule has 0 spiro atoms. The van der Waals surface area contributed by atoms with Gasteiger partial charge in [-0.25, -0.2) is 4.98 Å². The van der Waals surface area contributed by atoms with Crippen LogP contribution in [0.5, 0.6) is 0 Å². The minimum atomic E-state index is 0.243. The lowest BCUT2D eigenvalue weighted by Gasteiger charge is -2.22. The van der Waals surface area contributed by atoms with E-state index in [1.54, 1.807) is 6.33 Å². The van der Waals surface area contributed by atoms with Gasteiger partial charge in [0.25, 0.3) is 0 Å². The Kier molecular flexibility index (Phi) is 3.59. The average Bonchev–Trinajstić information content (AvgIpc) is 2.86. The van der Waals surface area contributed by atoms with Gasteiger partial charge < -0.3 is 5.73 Å². The molecule has 0 radical (unpaired) electrons. The molecule has 0 bridgehead atoms. The lowest BCUT2D eigenvalue weighted by molar-refractivity contribution is 0.336. The molecule has 1 aromatic heterocycles. The van der Waals surface area contributed by atoms with Crippen LogP contribution in [0.4, 0.5) is 0 Å². The van der Waals surface area contributed by atoms with Crippen LogP contribution in [0.15, 0.2) is 6.33 Å². The highest BCUT2D eigenvalue weighted by Crippen LogP contribution is 2.33. The molecule has 4 nitrogen and oxygen atoms in total. The summed E-state index contributed by atoms with van der Waals surface area (Å²) in [7, 11) is 0. The third kappa shape index (κ3) is 2.26. The van der Waals surface area contributed by atoms with E-state index in [1.165, 1.54) is 19.3 Å². The van der Waals surface area contributed by atoms with Gasteiger partial charge in [0.15, 0.2) is 0 Å². The molecule has 0 aliphatic heterocycles. The van der Waals surface area contributed by atoms with Crippen LogP contribution < -0.4 is 5.73 Å². The zero-order chi connectivity index (χ0) is 11.5. The Bertz CT molecular complexity index is 334. The maximum atomic E-state index is 6.30. The van der Waals surface area contributed by atoms with E-state index < -0.39 is 0 Å². The Labute approximate surface area is 97.2 Å². The predicted octanol–water partition coefficient (Wildman–Crippen LogP) is 1.60. The Morgan fingerprint density at radius 1 is 1.56 bits per heavy atom. The summed E-state index contributed by atoms with van der Waals surface area (Å²) < 4.78 is 1.94. The van der Waals surface area contributed by atoms with Crippen molar-refractivity contribution in [3.05, 3.63) is 12.2 Å². The highest BCUT2D eigenvalue weighted by Gasteiger charge is 2.29. The van der Waals surface area contributed by atoms with Gasteiger partial charge in [-0.15, -0.1) is 0 Å². The maximum absolute atomic E-state index is 6.30. The number of nitrogens with zero attached hydrogens (tertiary/aromatic N) is 3. The first-order valence-corrected chi connectivity index (χ1v) is 6.34. The van der Waals surface area contributed by atoms with Crippen molar-refractivity contribution < 1.29 is 0 Å². The van der Waals surface area contributed by atoms with Crippen LogP contribution in [0.2, 0.25) is 0 Å². The largest absolute Gasteiger partial charge is 0.327 e. The fourth-order valence-electron chi connectivity index (χ4n) is 2.88. The number of rotatable bonds is 4. The van der Waals surface area contributed by atoms with Crippen LogP contribution in [-0.4, -0.2) is 20.8 Å². The number of nitrogens with two attached hydrogens (primary N) is 1. The molecule has 1 aliphatic carbocycles. The van der Waals surface area contributed by atoms with Gasteiger partial charge in [0, 0.05) is 19.0 Å². The van der Waals surface area contributed by atoms with Gasteiger partial charge in [0.2, 0.25) is 0 Å². The third-order valence-electron chi connectivity index (χ3n) is 3.89. The summed E-state index contributed by atoms with van der Waals surface area (Å²) in [6.07, 6.45) is 6.44. The van der Waals surface area contributed by atoms with Crippen molar-refractivity contribution in [1.29, 1.82) is 0 Å². The molecule has 0 aromatic carbocycles. The first-order chi connectivity index (χ1) is 7.72. The molecule has 90 valence electrons. The number of aryl methyl sites for hydroxylation is 1. The summed E-state index contributed by atoms with van der Waals surface area (Å²) in [5, 5.41) is 4.18. The molecule has 4 heteroatoms. The fraction of sp³-hybridized carbons (Fsp3) is 0.833. The normalized spacial score (nSPS) is 27.2. The van der Waals surface area contributed by atoms with E-state index in [-0.39, 0.29) is 6.04 Å². The summed E-state index contributed by atoms with van der Waals surface area (Å²) in [5.41, 5.74) is 6.30. The lowest BCUT2D eigenvalue weighted by Crippen LogP contribution is -2.34. The van der Waals surface area contributed by atoms with Crippen molar-refractivity contribution in [2.75, 3.05) is 0 Å². The van der Waals surface area contributed by atoms with Crippen molar-refractivity contribution in [2.24, 2.45) is 17.6 Å². The lowest BCUT2D eigenvalue weighted by atomic mass is 9.89. The monoisotopic (exact) mass is 222 g/mol. The van der Waals surface area contributed by atoms with Crippen LogP contribution in [0.25, 0.3) is 0 Å². The van der Waals surface area contributed by atoms with Crippen LogP contribution in [0.1, 0.15) is 38.9 Å². The van der Waals surface area contributed by atoms with E-state index in [0.717, 1.165) is 24.7 Å². The van der Waals surface area contributed by atoms with Crippen LogP contribution in [0, 0.1) is 11.8 Å². The molecule has 3 atom stereocenters. The third-order valence-corrected chi connectivity index (χ3v) is 3.89. The maximum Gasteiger partial charge on any atom is 0.138 e. The van der Waals surface area contributed by atoms with Crippen LogP contribution >= 0.6 is 0 Å². The molecule has 1 heterocycles. The fourth-order valence-corrected chi connectivity index (χ4v) is 2.88. The van der Waals surface area contributed by atoms with Crippen LogP contribution in [-0.2, 0) is 13.0 Å². The van der Waals surface area contributed by atoms with E-state index >= 15 is 0 Å².